The van der Waals surface area contributed by atoms with Crippen LogP contribution in [0.15, 0.2) is 36.4 Å². The number of carbonyl (C=O) groups is 1. The largest absolute Gasteiger partial charge is 0.345 e. The molecule has 0 radical (unpaired) electrons. The van der Waals surface area contributed by atoms with Crippen LogP contribution in [0.5, 0.6) is 0 Å². The Labute approximate surface area is 156 Å². The molecular weight excluding hydrogens is 334 g/mol. The molecule has 0 spiro atoms. The first-order chi connectivity index (χ1) is 11.6. The average Bonchev–Trinajstić information content (AvgIpc) is 3.37. The monoisotopic (exact) mass is 361 g/mol. The van der Waals surface area contributed by atoms with E-state index in [1.54, 1.807) is 0 Å². The second-order valence-electron chi connectivity index (χ2n) is 6.70. The molecule has 0 atom stereocenters. The van der Waals surface area contributed by atoms with Crippen molar-refractivity contribution in [1.82, 2.24) is 9.47 Å². The lowest BCUT2D eigenvalue weighted by Crippen LogP contribution is -2.37. The fraction of sp³-hybridized carbons (Fsp3) is 0.450. The molecule has 5 heteroatoms. The number of hydrogen-bond acceptors (Lipinski definition) is 2. The smallest absolute Gasteiger partial charge is 0.255 e. The first-order valence-electron chi connectivity index (χ1n) is 8.83. The molecule has 4 nitrogen and oxygen atoms in total. The van der Waals surface area contributed by atoms with Crippen LogP contribution in [0.1, 0.15) is 46.2 Å². The average molecular weight is 362 g/mol. The van der Waals surface area contributed by atoms with Gasteiger partial charge in [0.05, 0.1) is 5.56 Å². The number of rotatable bonds is 7. The fourth-order valence-corrected chi connectivity index (χ4v) is 3.44. The molecule has 2 aromatic rings. The zero-order valence-corrected chi connectivity index (χ0v) is 15.9. The SMILES string of the molecule is Cc1cc(C(=O)N(CCN)CCc2ccccc2)c(C)n1C1CC1.Cl. The summed E-state index contributed by atoms with van der Waals surface area (Å²) in [6, 6.07) is 12.9. The highest BCUT2D eigenvalue weighted by Crippen LogP contribution is 2.38. The number of aromatic nitrogens is 1. The molecule has 25 heavy (non-hydrogen) atoms. The van der Waals surface area contributed by atoms with Gasteiger partial charge in [0.25, 0.3) is 5.91 Å². The summed E-state index contributed by atoms with van der Waals surface area (Å²) in [4.78, 5) is 14.9. The predicted molar refractivity (Wildman–Crippen MR) is 105 cm³/mol. The van der Waals surface area contributed by atoms with E-state index < -0.39 is 0 Å². The van der Waals surface area contributed by atoms with Gasteiger partial charge in [-0.15, -0.1) is 12.4 Å². The van der Waals surface area contributed by atoms with Crippen molar-refractivity contribution in [2.75, 3.05) is 19.6 Å². The van der Waals surface area contributed by atoms with Crippen molar-refractivity contribution < 1.29 is 4.79 Å². The Morgan fingerprint density at radius 2 is 1.88 bits per heavy atom. The van der Waals surface area contributed by atoms with Gasteiger partial charge >= 0.3 is 0 Å². The van der Waals surface area contributed by atoms with Crippen molar-refractivity contribution in [1.29, 1.82) is 0 Å². The van der Waals surface area contributed by atoms with Crippen molar-refractivity contribution in [3.05, 3.63) is 58.9 Å². The highest BCUT2D eigenvalue weighted by Gasteiger charge is 2.29. The molecular formula is C20H28ClN3O. The van der Waals surface area contributed by atoms with Gasteiger partial charge in [0.2, 0.25) is 0 Å². The van der Waals surface area contributed by atoms with Gasteiger partial charge in [0.15, 0.2) is 0 Å². The van der Waals surface area contributed by atoms with Gasteiger partial charge in [-0.2, -0.15) is 0 Å². The molecule has 3 rings (SSSR count). The normalized spacial score (nSPS) is 13.4. The summed E-state index contributed by atoms with van der Waals surface area (Å²) >= 11 is 0. The third-order valence-corrected chi connectivity index (χ3v) is 4.83. The zero-order chi connectivity index (χ0) is 17.1. The maximum absolute atomic E-state index is 13.0. The van der Waals surface area contributed by atoms with Crippen molar-refractivity contribution in [2.24, 2.45) is 5.73 Å². The second kappa shape index (κ2) is 8.54. The maximum Gasteiger partial charge on any atom is 0.255 e. The number of amides is 1. The number of benzene rings is 1. The number of nitrogens with zero attached hydrogens (tertiary/aromatic N) is 2. The van der Waals surface area contributed by atoms with Crippen LogP contribution >= 0.6 is 12.4 Å². The summed E-state index contributed by atoms with van der Waals surface area (Å²) < 4.78 is 2.32. The molecule has 1 aromatic heterocycles. The predicted octanol–water partition coefficient (Wildman–Crippen LogP) is 3.51. The minimum atomic E-state index is 0. The van der Waals surface area contributed by atoms with Crippen LogP contribution in [0.3, 0.4) is 0 Å². The van der Waals surface area contributed by atoms with E-state index in [0.29, 0.717) is 25.7 Å². The van der Waals surface area contributed by atoms with E-state index in [1.165, 1.54) is 24.1 Å². The van der Waals surface area contributed by atoms with Crippen molar-refractivity contribution >= 4 is 18.3 Å². The van der Waals surface area contributed by atoms with Gasteiger partial charge in [0.1, 0.15) is 0 Å². The second-order valence-corrected chi connectivity index (χ2v) is 6.70. The van der Waals surface area contributed by atoms with Gasteiger partial charge in [-0.25, -0.2) is 0 Å². The first-order valence-corrected chi connectivity index (χ1v) is 8.83. The summed E-state index contributed by atoms with van der Waals surface area (Å²) in [5.41, 5.74) is 10.1. The van der Waals surface area contributed by atoms with Crippen LogP contribution in [0.2, 0.25) is 0 Å². The number of halogens is 1. The highest BCUT2D eigenvalue weighted by atomic mass is 35.5. The number of aryl methyl sites for hydroxylation is 1. The molecule has 2 N–H and O–H groups in total. The Hall–Kier alpha value is -1.78. The lowest BCUT2D eigenvalue weighted by molar-refractivity contribution is 0.0761. The molecule has 1 aliphatic rings. The molecule has 1 aromatic carbocycles. The maximum atomic E-state index is 13.0. The van der Waals surface area contributed by atoms with Crippen LogP contribution < -0.4 is 5.73 Å². The zero-order valence-electron chi connectivity index (χ0n) is 15.1. The molecule has 136 valence electrons. The summed E-state index contributed by atoms with van der Waals surface area (Å²) in [7, 11) is 0. The lowest BCUT2D eigenvalue weighted by atomic mass is 10.1. The molecule has 1 aliphatic carbocycles. The minimum absolute atomic E-state index is 0. The molecule has 1 heterocycles. The molecule has 0 saturated heterocycles. The standard InChI is InChI=1S/C20H27N3O.ClH/c1-15-14-19(16(2)23(15)18-8-9-18)20(24)22(13-11-21)12-10-17-6-4-3-5-7-17;/h3-7,14,18H,8-13,21H2,1-2H3;1H. The fourth-order valence-electron chi connectivity index (χ4n) is 3.44. The summed E-state index contributed by atoms with van der Waals surface area (Å²) in [6.45, 7) is 5.95. The molecule has 1 amide bonds. The molecule has 0 bridgehead atoms. The Kier molecular flexibility index (Phi) is 6.68. The van der Waals surface area contributed by atoms with E-state index in [2.05, 4.69) is 30.5 Å². The van der Waals surface area contributed by atoms with Crippen molar-refractivity contribution in [3.8, 4) is 0 Å². The van der Waals surface area contributed by atoms with Crippen molar-refractivity contribution in [3.63, 3.8) is 0 Å². The highest BCUT2D eigenvalue weighted by molar-refractivity contribution is 5.95. The Morgan fingerprint density at radius 3 is 2.48 bits per heavy atom. The summed E-state index contributed by atoms with van der Waals surface area (Å²) in [5.74, 6) is 0.108. The van der Waals surface area contributed by atoms with Crippen LogP contribution in [0.25, 0.3) is 0 Å². The van der Waals surface area contributed by atoms with Crippen LogP contribution in [-0.2, 0) is 6.42 Å². The van der Waals surface area contributed by atoms with Crippen LogP contribution in [-0.4, -0.2) is 35.0 Å². The van der Waals surface area contributed by atoms with Gasteiger partial charge in [-0.3, -0.25) is 4.79 Å². The molecule has 0 aliphatic heterocycles. The molecule has 1 fully saturated rings. The summed E-state index contributed by atoms with van der Waals surface area (Å²) in [5, 5.41) is 0. The van der Waals surface area contributed by atoms with E-state index in [9.17, 15) is 4.79 Å². The first kappa shape index (κ1) is 19.5. The molecule has 1 saturated carbocycles. The van der Waals surface area contributed by atoms with E-state index >= 15 is 0 Å². The van der Waals surface area contributed by atoms with Crippen molar-refractivity contribution in [2.45, 2.75) is 39.2 Å². The number of hydrogen-bond donors (Lipinski definition) is 1. The van der Waals surface area contributed by atoms with Gasteiger partial charge in [0, 0.05) is 37.1 Å². The third-order valence-electron chi connectivity index (χ3n) is 4.83. The Morgan fingerprint density at radius 1 is 1.20 bits per heavy atom. The van der Waals surface area contributed by atoms with Gasteiger partial charge < -0.3 is 15.2 Å². The Balaban J connectivity index is 0.00000225. The van der Waals surface area contributed by atoms with Gasteiger partial charge in [-0.05, 0) is 44.7 Å². The van der Waals surface area contributed by atoms with Crippen LogP contribution in [0.4, 0.5) is 0 Å². The van der Waals surface area contributed by atoms with E-state index in [1.807, 2.05) is 29.2 Å². The van der Waals surface area contributed by atoms with E-state index in [4.69, 9.17) is 5.73 Å². The van der Waals surface area contributed by atoms with Crippen LogP contribution in [0, 0.1) is 13.8 Å². The third kappa shape index (κ3) is 4.44. The lowest BCUT2D eigenvalue weighted by Gasteiger charge is -2.22. The quantitative estimate of drug-likeness (QED) is 0.820. The van der Waals surface area contributed by atoms with E-state index in [-0.39, 0.29) is 18.3 Å². The number of nitrogens with two attached hydrogens (primary N) is 1. The number of carbonyl (C=O) groups excluding carboxylic acids is 1. The van der Waals surface area contributed by atoms with Gasteiger partial charge in [-0.1, -0.05) is 30.3 Å². The topological polar surface area (TPSA) is 51.3 Å². The Bertz CT molecular complexity index is 707. The molecule has 0 unspecified atom stereocenters. The minimum Gasteiger partial charge on any atom is -0.345 e. The summed E-state index contributed by atoms with van der Waals surface area (Å²) in [6.07, 6.45) is 3.31. The van der Waals surface area contributed by atoms with E-state index in [0.717, 1.165) is 17.7 Å².